The van der Waals surface area contributed by atoms with E-state index in [2.05, 4.69) is 17.2 Å². The minimum atomic E-state index is -0.0100. The third kappa shape index (κ3) is 5.37. The van der Waals surface area contributed by atoms with Crippen molar-refractivity contribution < 1.29 is 9.53 Å². The number of ether oxygens (including phenoxy) is 1. The molecule has 24 heavy (non-hydrogen) atoms. The fraction of sp³-hybridized carbons (Fsp3) is 0.400. The molecule has 1 aromatic heterocycles. The first-order chi connectivity index (χ1) is 11.6. The van der Waals surface area contributed by atoms with Gasteiger partial charge in [0.25, 0.3) is 0 Å². The Morgan fingerprint density at radius 2 is 1.96 bits per heavy atom. The van der Waals surface area contributed by atoms with Crippen molar-refractivity contribution in [1.82, 2.24) is 10.3 Å². The standard InChI is InChI=1S/C20H26N2O2/c1-4-6-15(2)20(23)22-16(3)18-8-10-19(11-9-18)24-14-17-7-5-12-21-13-17/h5,7-13,15-16H,4,6,14H2,1-3H3,(H,22,23). The van der Waals surface area contributed by atoms with Gasteiger partial charge in [0.2, 0.25) is 5.91 Å². The van der Waals surface area contributed by atoms with Gasteiger partial charge in [-0.1, -0.05) is 38.5 Å². The minimum absolute atomic E-state index is 0.0100. The highest BCUT2D eigenvalue weighted by atomic mass is 16.5. The van der Waals surface area contributed by atoms with E-state index in [1.54, 1.807) is 12.4 Å². The summed E-state index contributed by atoms with van der Waals surface area (Å²) in [5.41, 5.74) is 2.10. The number of carbonyl (C=O) groups excluding carboxylic acids is 1. The number of carbonyl (C=O) groups is 1. The predicted octanol–water partition coefficient (Wildman–Crippen LogP) is 4.27. The van der Waals surface area contributed by atoms with Crippen LogP contribution >= 0.6 is 0 Å². The van der Waals surface area contributed by atoms with Crippen LogP contribution in [0.3, 0.4) is 0 Å². The van der Waals surface area contributed by atoms with Gasteiger partial charge in [-0.05, 0) is 37.1 Å². The average Bonchev–Trinajstić information content (AvgIpc) is 2.61. The lowest BCUT2D eigenvalue weighted by atomic mass is 10.0. The van der Waals surface area contributed by atoms with E-state index < -0.39 is 0 Å². The van der Waals surface area contributed by atoms with Crippen LogP contribution < -0.4 is 10.1 Å². The molecule has 0 aliphatic carbocycles. The SMILES string of the molecule is CCCC(C)C(=O)NC(C)c1ccc(OCc2cccnc2)cc1. The molecule has 4 heteroatoms. The quantitative estimate of drug-likeness (QED) is 0.788. The van der Waals surface area contributed by atoms with Gasteiger partial charge in [0.1, 0.15) is 12.4 Å². The van der Waals surface area contributed by atoms with Crippen molar-refractivity contribution in [3.8, 4) is 5.75 Å². The van der Waals surface area contributed by atoms with E-state index in [1.807, 2.05) is 50.2 Å². The lowest BCUT2D eigenvalue weighted by Gasteiger charge is -2.18. The first-order valence-electron chi connectivity index (χ1n) is 8.52. The largest absolute Gasteiger partial charge is 0.489 e. The molecule has 2 atom stereocenters. The average molecular weight is 326 g/mol. The highest BCUT2D eigenvalue weighted by Crippen LogP contribution is 2.19. The number of aromatic nitrogens is 1. The maximum Gasteiger partial charge on any atom is 0.223 e. The van der Waals surface area contributed by atoms with Gasteiger partial charge in [-0.2, -0.15) is 0 Å². The number of benzene rings is 1. The maximum atomic E-state index is 12.1. The van der Waals surface area contributed by atoms with Crippen LogP contribution in [0.2, 0.25) is 0 Å². The summed E-state index contributed by atoms with van der Waals surface area (Å²) in [6, 6.07) is 11.7. The van der Waals surface area contributed by atoms with E-state index in [9.17, 15) is 4.79 Å². The molecule has 1 aromatic carbocycles. The van der Waals surface area contributed by atoms with Gasteiger partial charge in [0.15, 0.2) is 0 Å². The highest BCUT2D eigenvalue weighted by molar-refractivity contribution is 5.78. The molecule has 0 radical (unpaired) electrons. The fourth-order valence-corrected chi connectivity index (χ4v) is 2.51. The Labute approximate surface area is 144 Å². The van der Waals surface area contributed by atoms with Crippen molar-refractivity contribution >= 4 is 5.91 Å². The molecule has 2 rings (SSSR count). The summed E-state index contributed by atoms with van der Waals surface area (Å²) in [7, 11) is 0. The Morgan fingerprint density at radius 3 is 2.58 bits per heavy atom. The predicted molar refractivity (Wildman–Crippen MR) is 95.6 cm³/mol. The summed E-state index contributed by atoms with van der Waals surface area (Å²) in [6.07, 6.45) is 5.48. The summed E-state index contributed by atoms with van der Waals surface area (Å²) < 4.78 is 5.75. The van der Waals surface area contributed by atoms with E-state index >= 15 is 0 Å². The maximum absolute atomic E-state index is 12.1. The van der Waals surface area contributed by atoms with Crippen LogP contribution in [0.4, 0.5) is 0 Å². The normalized spacial score (nSPS) is 13.1. The molecule has 0 bridgehead atoms. The van der Waals surface area contributed by atoms with Crippen molar-refractivity contribution in [1.29, 1.82) is 0 Å². The topological polar surface area (TPSA) is 51.2 Å². The summed E-state index contributed by atoms with van der Waals surface area (Å²) in [5.74, 6) is 0.973. The molecule has 1 heterocycles. The molecule has 2 aromatic rings. The van der Waals surface area contributed by atoms with Crippen LogP contribution in [-0.4, -0.2) is 10.9 Å². The number of hydrogen-bond acceptors (Lipinski definition) is 3. The van der Waals surface area contributed by atoms with Crippen molar-refractivity contribution in [2.24, 2.45) is 5.92 Å². The summed E-state index contributed by atoms with van der Waals surface area (Å²) in [5, 5.41) is 3.07. The lowest BCUT2D eigenvalue weighted by molar-refractivity contribution is -0.125. The fourth-order valence-electron chi connectivity index (χ4n) is 2.51. The monoisotopic (exact) mass is 326 g/mol. The zero-order valence-corrected chi connectivity index (χ0v) is 14.7. The molecule has 0 fully saturated rings. The van der Waals surface area contributed by atoms with Gasteiger partial charge in [-0.15, -0.1) is 0 Å². The second-order valence-electron chi connectivity index (χ2n) is 6.14. The molecule has 1 amide bonds. The molecule has 0 spiro atoms. The van der Waals surface area contributed by atoms with Gasteiger partial charge >= 0.3 is 0 Å². The third-order valence-corrected chi connectivity index (χ3v) is 4.04. The van der Waals surface area contributed by atoms with Crippen LogP contribution in [0.5, 0.6) is 5.75 Å². The summed E-state index contributed by atoms with van der Waals surface area (Å²) in [4.78, 5) is 16.2. The Hall–Kier alpha value is -2.36. The Kier molecular flexibility index (Phi) is 6.79. The second kappa shape index (κ2) is 9.06. The van der Waals surface area contributed by atoms with E-state index in [0.717, 1.165) is 29.7 Å². The van der Waals surface area contributed by atoms with Gasteiger partial charge in [0, 0.05) is 23.9 Å². The molecular weight excluding hydrogens is 300 g/mol. The van der Waals surface area contributed by atoms with Gasteiger partial charge in [-0.25, -0.2) is 0 Å². The van der Waals surface area contributed by atoms with Crippen molar-refractivity contribution in [2.45, 2.75) is 46.3 Å². The van der Waals surface area contributed by atoms with Crippen LogP contribution in [0.1, 0.15) is 50.8 Å². The molecule has 128 valence electrons. The number of nitrogens with one attached hydrogen (secondary N) is 1. The van der Waals surface area contributed by atoms with Crippen molar-refractivity contribution in [3.63, 3.8) is 0 Å². The minimum Gasteiger partial charge on any atom is -0.489 e. The van der Waals surface area contributed by atoms with Crippen LogP contribution in [0, 0.1) is 5.92 Å². The van der Waals surface area contributed by atoms with Gasteiger partial charge in [-0.3, -0.25) is 9.78 Å². The molecule has 1 N–H and O–H groups in total. The molecule has 4 nitrogen and oxygen atoms in total. The van der Waals surface area contributed by atoms with Crippen molar-refractivity contribution in [3.05, 3.63) is 59.9 Å². The Bertz CT molecular complexity index is 626. The lowest BCUT2D eigenvalue weighted by Crippen LogP contribution is -2.31. The smallest absolute Gasteiger partial charge is 0.223 e. The Morgan fingerprint density at radius 1 is 1.21 bits per heavy atom. The molecule has 0 saturated heterocycles. The summed E-state index contributed by atoms with van der Waals surface area (Å²) >= 11 is 0. The molecular formula is C20H26N2O2. The van der Waals surface area contributed by atoms with E-state index in [0.29, 0.717) is 6.61 Å². The number of pyridine rings is 1. The number of rotatable bonds is 8. The molecule has 2 unspecified atom stereocenters. The second-order valence-corrected chi connectivity index (χ2v) is 6.14. The van der Waals surface area contributed by atoms with Gasteiger partial charge < -0.3 is 10.1 Å². The van der Waals surface area contributed by atoms with E-state index in [1.165, 1.54) is 0 Å². The van der Waals surface area contributed by atoms with E-state index in [4.69, 9.17) is 4.74 Å². The van der Waals surface area contributed by atoms with Crippen LogP contribution in [0.15, 0.2) is 48.8 Å². The highest BCUT2D eigenvalue weighted by Gasteiger charge is 2.15. The van der Waals surface area contributed by atoms with E-state index in [-0.39, 0.29) is 17.9 Å². The van der Waals surface area contributed by atoms with Gasteiger partial charge in [0.05, 0.1) is 6.04 Å². The molecule has 0 aliphatic heterocycles. The number of nitrogens with zero attached hydrogens (tertiary/aromatic N) is 1. The van der Waals surface area contributed by atoms with Crippen molar-refractivity contribution in [2.75, 3.05) is 0 Å². The Balaban J connectivity index is 1.87. The first-order valence-corrected chi connectivity index (χ1v) is 8.52. The first kappa shape index (κ1) is 18.0. The molecule has 0 aliphatic rings. The third-order valence-electron chi connectivity index (χ3n) is 4.04. The number of amides is 1. The zero-order chi connectivity index (χ0) is 17.4. The van der Waals surface area contributed by atoms with Crippen LogP contribution in [0.25, 0.3) is 0 Å². The molecule has 0 saturated carbocycles. The number of hydrogen-bond donors (Lipinski definition) is 1. The van der Waals surface area contributed by atoms with Crippen LogP contribution in [-0.2, 0) is 11.4 Å². The zero-order valence-electron chi connectivity index (χ0n) is 14.7. The summed E-state index contributed by atoms with van der Waals surface area (Å²) in [6.45, 7) is 6.56.